The third kappa shape index (κ3) is 3.58. The molecule has 1 N–H and O–H groups in total. The summed E-state index contributed by atoms with van der Waals surface area (Å²) in [6.07, 6.45) is -3.47. The second-order valence-corrected chi connectivity index (χ2v) is 5.79. The first kappa shape index (κ1) is 17.2. The molecule has 25 heavy (non-hydrogen) atoms. The number of fused-ring (bicyclic) bond motifs is 1. The fraction of sp³-hybridized carbons (Fsp3) is 0.353. The molecule has 8 heteroatoms. The van der Waals surface area contributed by atoms with E-state index >= 15 is 0 Å². The van der Waals surface area contributed by atoms with Gasteiger partial charge in [-0.3, -0.25) is 0 Å². The summed E-state index contributed by atoms with van der Waals surface area (Å²) in [5, 5.41) is 21.8. The number of benzene rings is 1. The fourth-order valence-corrected chi connectivity index (χ4v) is 2.59. The minimum atomic E-state index is -2.76. The normalized spacial score (nSPS) is 12.7. The van der Waals surface area contributed by atoms with E-state index in [1.165, 1.54) is 0 Å². The van der Waals surface area contributed by atoms with Crippen LogP contribution in [0.5, 0.6) is 0 Å². The highest BCUT2D eigenvalue weighted by molar-refractivity contribution is 5.46. The first-order valence-corrected chi connectivity index (χ1v) is 7.99. The number of hydrogen-bond acceptors (Lipinski definition) is 5. The predicted octanol–water partition coefficient (Wildman–Crippen LogP) is 2.93. The van der Waals surface area contributed by atoms with Crippen LogP contribution in [0.25, 0.3) is 5.65 Å². The number of aliphatic hydroxyl groups is 1. The number of aryl methyl sites for hydroxylation is 1. The summed E-state index contributed by atoms with van der Waals surface area (Å²) < 4.78 is 27.0. The van der Waals surface area contributed by atoms with Crippen LogP contribution in [-0.4, -0.2) is 38.0 Å². The quantitative estimate of drug-likeness (QED) is 0.743. The number of likely N-dealkylation sites (N-methyl/N-ethyl adjacent to an activating group) is 1. The molecule has 0 aliphatic heterocycles. The van der Waals surface area contributed by atoms with Crippen molar-refractivity contribution in [2.24, 2.45) is 0 Å². The van der Waals surface area contributed by atoms with Gasteiger partial charge in [0.2, 0.25) is 5.82 Å². The molecule has 2 aromatic heterocycles. The highest BCUT2D eigenvalue weighted by Crippen LogP contribution is 2.21. The van der Waals surface area contributed by atoms with Gasteiger partial charge >= 0.3 is 0 Å². The number of hydrogen-bond donors (Lipinski definition) is 1. The van der Waals surface area contributed by atoms with Crippen molar-refractivity contribution < 1.29 is 13.9 Å². The maximum Gasteiger partial charge on any atom is 0.299 e. The van der Waals surface area contributed by atoms with E-state index in [2.05, 4.69) is 15.3 Å². The maximum absolute atomic E-state index is 13.0. The van der Waals surface area contributed by atoms with Gasteiger partial charge in [-0.1, -0.05) is 29.8 Å². The van der Waals surface area contributed by atoms with Gasteiger partial charge in [0.1, 0.15) is 5.82 Å². The van der Waals surface area contributed by atoms with Gasteiger partial charge in [-0.25, -0.2) is 8.78 Å². The third-order valence-corrected chi connectivity index (χ3v) is 4.03. The van der Waals surface area contributed by atoms with Gasteiger partial charge in [-0.15, -0.1) is 15.3 Å². The molecule has 0 saturated heterocycles. The van der Waals surface area contributed by atoms with Gasteiger partial charge in [-0.2, -0.15) is 4.52 Å². The Hall–Kier alpha value is -2.61. The molecule has 3 aromatic rings. The highest BCUT2D eigenvalue weighted by Gasteiger charge is 2.19. The van der Waals surface area contributed by atoms with Crippen LogP contribution >= 0.6 is 0 Å². The summed E-state index contributed by atoms with van der Waals surface area (Å²) >= 11 is 0. The Morgan fingerprint density at radius 1 is 1.12 bits per heavy atom. The van der Waals surface area contributed by atoms with Crippen molar-refractivity contribution in [3.8, 4) is 0 Å². The number of nitrogens with zero attached hydrogens (tertiary/aromatic N) is 5. The molecule has 0 amide bonds. The summed E-state index contributed by atoms with van der Waals surface area (Å²) in [6.45, 7) is 4.75. The fourth-order valence-electron chi connectivity index (χ4n) is 2.59. The average molecular weight is 347 g/mol. The summed E-state index contributed by atoms with van der Waals surface area (Å²) in [5.74, 6) is -0.0187. The smallest absolute Gasteiger partial charge is 0.299 e. The number of aliphatic hydroxyl groups excluding tert-OH is 1. The molecule has 132 valence electrons. The van der Waals surface area contributed by atoms with E-state index in [1.54, 1.807) is 12.1 Å². The summed E-state index contributed by atoms with van der Waals surface area (Å²) in [7, 11) is 0. The molecule has 1 unspecified atom stereocenters. The molecular formula is C17H19F2N5O. The van der Waals surface area contributed by atoms with Crippen molar-refractivity contribution in [3.63, 3.8) is 0 Å². The summed E-state index contributed by atoms with van der Waals surface area (Å²) in [4.78, 5) is 1.82. The Bertz CT molecular complexity index is 850. The zero-order chi connectivity index (χ0) is 18.0. The van der Waals surface area contributed by atoms with Crippen molar-refractivity contribution >= 4 is 11.5 Å². The molecular weight excluding hydrogens is 328 g/mol. The SMILES string of the molecule is CCN(CC(O)c1ccc(C)cc1)c1ccc2nnc(C(F)F)n2n1. The lowest BCUT2D eigenvalue weighted by Crippen LogP contribution is -2.29. The summed E-state index contributed by atoms with van der Waals surface area (Å²) in [6, 6.07) is 10.9. The molecule has 2 heterocycles. The Labute approximate surface area is 143 Å². The van der Waals surface area contributed by atoms with E-state index in [9.17, 15) is 13.9 Å². The number of aromatic nitrogens is 4. The molecule has 0 saturated carbocycles. The topological polar surface area (TPSA) is 66.5 Å². The number of alkyl halides is 2. The van der Waals surface area contributed by atoms with Crippen molar-refractivity contribution in [1.82, 2.24) is 19.8 Å². The lowest BCUT2D eigenvalue weighted by atomic mass is 10.1. The number of rotatable bonds is 6. The van der Waals surface area contributed by atoms with Crippen molar-refractivity contribution in [2.45, 2.75) is 26.4 Å². The second-order valence-electron chi connectivity index (χ2n) is 5.79. The molecule has 1 aromatic carbocycles. The zero-order valence-electron chi connectivity index (χ0n) is 14.0. The van der Waals surface area contributed by atoms with Crippen LogP contribution in [-0.2, 0) is 0 Å². The maximum atomic E-state index is 13.0. The van der Waals surface area contributed by atoms with Crippen molar-refractivity contribution in [2.75, 3.05) is 18.0 Å². The Morgan fingerprint density at radius 2 is 1.84 bits per heavy atom. The molecule has 3 rings (SSSR count). The van der Waals surface area contributed by atoms with E-state index in [0.29, 0.717) is 18.9 Å². The van der Waals surface area contributed by atoms with E-state index in [1.807, 2.05) is 43.0 Å². The molecule has 0 aliphatic rings. The molecule has 6 nitrogen and oxygen atoms in total. The first-order chi connectivity index (χ1) is 12.0. The van der Waals surface area contributed by atoms with E-state index < -0.39 is 18.4 Å². The van der Waals surface area contributed by atoms with Crippen LogP contribution < -0.4 is 4.90 Å². The van der Waals surface area contributed by atoms with Gasteiger partial charge in [0, 0.05) is 13.1 Å². The molecule has 0 bridgehead atoms. The molecule has 0 radical (unpaired) electrons. The van der Waals surface area contributed by atoms with Crippen molar-refractivity contribution in [1.29, 1.82) is 0 Å². The van der Waals surface area contributed by atoms with E-state index in [0.717, 1.165) is 15.6 Å². The Balaban J connectivity index is 1.86. The standard InChI is InChI=1S/C17H19F2N5O/c1-3-23(10-13(25)12-6-4-11(2)5-7-12)15-9-8-14-20-21-17(16(18)19)24(14)22-15/h4-9,13,16,25H,3,10H2,1-2H3. The lowest BCUT2D eigenvalue weighted by molar-refractivity contribution is 0.137. The summed E-state index contributed by atoms with van der Waals surface area (Å²) in [5.41, 5.74) is 2.17. The monoisotopic (exact) mass is 347 g/mol. The van der Waals surface area contributed by atoms with Crippen LogP contribution in [0.4, 0.5) is 14.6 Å². The Kier molecular flexibility index (Phi) is 4.89. The Morgan fingerprint density at radius 3 is 2.48 bits per heavy atom. The van der Waals surface area contributed by atoms with E-state index in [-0.39, 0.29) is 5.65 Å². The molecule has 0 spiro atoms. The van der Waals surface area contributed by atoms with Crippen LogP contribution in [0.2, 0.25) is 0 Å². The predicted molar refractivity (Wildman–Crippen MR) is 89.8 cm³/mol. The highest BCUT2D eigenvalue weighted by atomic mass is 19.3. The molecule has 1 atom stereocenters. The van der Waals surface area contributed by atoms with Gasteiger partial charge in [0.15, 0.2) is 5.65 Å². The van der Waals surface area contributed by atoms with Crippen LogP contribution in [0, 0.1) is 6.92 Å². The largest absolute Gasteiger partial charge is 0.387 e. The molecule has 0 aliphatic carbocycles. The average Bonchev–Trinajstić information content (AvgIpc) is 3.03. The van der Waals surface area contributed by atoms with Gasteiger partial charge in [0.05, 0.1) is 6.10 Å². The van der Waals surface area contributed by atoms with Crippen LogP contribution in [0.3, 0.4) is 0 Å². The lowest BCUT2D eigenvalue weighted by Gasteiger charge is -2.25. The minimum absolute atomic E-state index is 0.259. The van der Waals surface area contributed by atoms with Gasteiger partial charge < -0.3 is 10.0 Å². The first-order valence-electron chi connectivity index (χ1n) is 7.99. The number of anilines is 1. The van der Waals surface area contributed by atoms with Gasteiger partial charge in [-0.05, 0) is 31.5 Å². The van der Waals surface area contributed by atoms with Crippen LogP contribution in [0.15, 0.2) is 36.4 Å². The van der Waals surface area contributed by atoms with Crippen molar-refractivity contribution in [3.05, 3.63) is 53.3 Å². The van der Waals surface area contributed by atoms with Crippen LogP contribution in [0.1, 0.15) is 36.4 Å². The number of halogens is 2. The molecule has 0 fully saturated rings. The zero-order valence-corrected chi connectivity index (χ0v) is 14.0. The minimum Gasteiger partial charge on any atom is -0.387 e. The van der Waals surface area contributed by atoms with Gasteiger partial charge in [0.25, 0.3) is 6.43 Å². The van der Waals surface area contributed by atoms with E-state index in [4.69, 9.17) is 0 Å². The second kappa shape index (κ2) is 7.10. The third-order valence-electron chi connectivity index (χ3n) is 4.03.